The summed E-state index contributed by atoms with van der Waals surface area (Å²) in [5.74, 6) is 0.593. The first kappa shape index (κ1) is 26.3. The lowest BCUT2D eigenvalue weighted by atomic mass is 9.85. The van der Waals surface area contributed by atoms with Gasteiger partial charge in [0.2, 0.25) is 17.8 Å². The number of piperidine rings is 1. The van der Waals surface area contributed by atoms with Gasteiger partial charge in [-0.2, -0.15) is 4.98 Å². The Morgan fingerprint density at radius 3 is 2.53 bits per heavy atom. The lowest BCUT2D eigenvalue weighted by molar-refractivity contribution is -0.122. The number of benzene rings is 1. The van der Waals surface area contributed by atoms with Crippen LogP contribution in [0.15, 0.2) is 24.4 Å². The van der Waals surface area contributed by atoms with Crippen molar-refractivity contribution >= 4 is 64.0 Å². The molecular formula is C25H30Cl2N8O3. The summed E-state index contributed by atoms with van der Waals surface area (Å²) in [5, 5.41) is 7.61. The van der Waals surface area contributed by atoms with E-state index in [1.54, 1.807) is 29.3 Å². The molecule has 11 nitrogen and oxygen atoms in total. The molecule has 2 amide bonds. The van der Waals surface area contributed by atoms with E-state index < -0.39 is 0 Å². The second kappa shape index (κ2) is 11.2. The normalized spacial score (nSPS) is 21.8. The van der Waals surface area contributed by atoms with Gasteiger partial charge in [0.25, 0.3) is 0 Å². The summed E-state index contributed by atoms with van der Waals surface area (Å²) < 4.78 is 6.92. The van der Waals surface area contributed by atoms with E-state index in [4.69, 9.17) is 43.6 Å². The number of nitrogens with two attached hydrogens (primary N) is 1. The summed E-state index contributed by atoms with van der Waals surface area (Å²) in [4.78, 5) is 39.6. The van der Waals surface area contributed by atoms with E-state index in [-0.39, 0.29) is 30.0 Å². The number of likely N-dealkylation sites (tertiary alicyclic amines) is 1. The van der Waals surface area contributed by atoms with Gasteiger partial charge in [0, 0.05) is 31.1 Å². The summed E-state index contributed by atoms with van der Waals surface area (Å²) >= 11 is 12.9. The number of rotatable bonds is 6. The number of nitrogens with zero attached hydrogens (tertiary/aromatic N) is 5. The number of anilines is 3. The number of fused-ring (bicyclic) bond motifs is 1. The molecule has 1 aliphatic heterocycles. The van der Waals surface area contributed by atoms with Crippen LogP contribution in [0, 0.1) is 5.92 Å². The van der Waals surface area contributed by atoms with Crippen molar-refractivity contribution in [3.8, 4) is 0 Å². The molecule has 13 heteroatoms. The number of nitrogens with one attached hydrogen (secondary N) is 2. The topological polar surface area (TPSA) is 140 Å². The maximum absolute atomic E-state index is 12.0. The number of aromatic nitrogens is 4. The Balaban J connectivity index is 1.47. The minimum atomic E-state index is -0.341. The Labute approximate surface area is 230 Å². The number of carbonyl (C=O) groups is 2. The third kappa shape index (κ3) is 5.44. The molecular weight excluding hydrogens is 531 g/mol. The molecule has 38 heavy (non-hydrogen) atoms. The maximum atomic E-state index is 12.0. The molecule has 1 saturated carbocycles. The summed E-state index contributed by atoms with van der Waals surface area (Å²) in [7, 11) is 1.38. The van der Waals surface area contributed by atoms with Crippen LogP contribution in [-0.2, 0) is 9.53 Å². The van der Waals surface area contributed by atoms with Gasteiger partial charge < -0.3 is 26.0 Å². The van der Waals surface area contributed by atoms with Gasteiger partial charge in [-0.25, -0.2) is 14.8 Å². The van der Waals surface area contributed by atoms with Crippen LogP contribution in [0.25, 0.3) is 11.2 Å². The second-order valence-electron chi connectivity index (χ2n) is 9.74. The van der Waals surface area contributed by atoms with Crippen LogP contribution in [0.4, 0.5) is 22.4 Å². The smallest absolute Gasteiger partial charge is 0.409 e. The summed E-state index contributed by atoms with van der Waals surface area (Å²) in [6.07, 6.45) is 5.93. The molecule has 1 aromatic carbocycles. The first-order valence-corrected chi connectivity index (χ1v) is 13.4. The van der Waals surface area contributed by atoms with E-state index in [9.17, 15) is 9.59 Å². The molecule has 1 saturated heterocycles. The van der Waals surface area contributed by atoms with Crippen molar-refractivity contribution in [2.75, 3.05) is 30.8 Å². The van der Waals surface area contributed by atoms with Crippen molar-refractivity contribution in [1.29, 1.82) is 0 Å². The van der Waals surface area contributed by atoms with Crippen molar-refractivity contribution < 1.29 is 14.3 Å². The molecule has 0 spiro atoms. The van der Waals surface area contributed by atoms with Gasteiger partial charge in [0.1, 0.15) is 5.52 Å². The molecule has 2 fully saturated rings. The van der Waals surface area contributed by atoms with Crippen LogP contribution >= 0.6 is 23.2 Å². The molecule has 0 radical (unpaired) electrons. The number of para-hydroxylation sites is 1. The van der Waals surface area contributed by atoms with Gasteiger partial charge in [-0.05, 0) is 50.7 Å². The summed E-state index contributed by atoms with van der Waals surface area (Å²) in [6, 6.07) is 5.31. The Morgan fingerprint density at radius 2 is 1.84 bits per heavy atom. The highest BCUT2D eigenvalue weighted by Gasteiger charge is 2.30. The molecule has 202 valence electrons. The SMILES string of the molecule is COC(=O)N1CCC[C@@H](Nc2ncc3nc(Nc4c(Cl)cccc4Cl)n(C4CCC(C(N)=O)CC4)c3n2)C1. The lowest BCUT2D eigenvalue weighted by Gasteiger charge is -2.32. The number of primary amides is 1. The Bertz CT molecular complexity index is 1320. The second-order valence-corrected chi connectivity index (χ2v) is 10.6. The van der Waals surface area contributed by atoms with E-state index in [1.807, 2.05) is 4.57 Å². The van der Waals surface area contributed by atoms with Crippen molar-refractivity contribution in [2.45, 2.75) is 50.6 Å². The zero-order valence-electron chi connectivity index (χ0n) is 21.0. The number of hydrogen-bond donors (Lipinski definition) is 3. The van der Waals surface area contributed by atoms with Crippen molar-refractivity contribution in [3.05, 3.63) is 34.4 Å². The number of methoxy groups -OCH3 is 1. The highest BCUT2D eigenvalue weighted by atomic mass is 35.5. The third-order valence-corrected chi connectivity index (χ3v) is 7.91. The zero-order chi connectivity index (χ0) is 26.8. The summed E-state index contributed by atoms with van der Waals surface area (Å²) in [5.41, 5.74) is 7.38. The van der Waals surface area contributed by atoms with Gasteiger partial charge >= 0.3 is 6.09 Å². The highest BCUT2D eigenvalue weighted by molar-refractivity contribution is 6.39. The zero-order valence-corrected chi connectivity index (χ0v) is 22.5. The number of imidazole rings is 1. The van der Waals surface area contributed by atoms with Crippen LogP contribution in [0.3, 0.4) is 0 Å². The molecule has 0 bridgehead atoms. The van der Waals surface area contributed by atoms with E-state index >= 15 is 0 Å². The quantitative estimate of drug-likeness (QED) is 0.392. The fourth-order valence-corrected chi connectivity index (χ4v) is 5.81. The minimum Gasteiger partial charge on any atom is -0.453 e. The fourth-order valence-electron chi connectivity index (χ4n) is 5.31. The molecule has 4 N–H and O–H groups in total. The molecule has 0 unspecified atom stereocenters. The van der Waals surface area contributed by atoms with Crippen molar-refractivity contribution in [2.24, 2.45) is 11.7 Å². The monoisotopic (exact) mass is 560 g/mol. The van der Waals surface area contributed by atoms with Gasteiger partial charge in [0.05, 0.1) is 29.0 Å². The average Bonchev–Trinajstić information content (AvgIpc) is 3.27. The Hall–Kier alpha value is -3.31. The van der Waals surface area contributed by atoms with Gasteiger partial charge in [-0.3, -0.25) is 9.36 Å². The molecule has 3 aromatic rings. The molecule has 2 aliphatic rings. The van der Waals surface area contributed by atoms with Gasteiger partial charge in [0.15, 0.2) is 5.65 Å². The van der Waals surface area contributed by atoms with Crippen LogP contribution in [0.2, 0.25) is 10.0 Å². The van der Waals surface area contributed by atoms with E-state index in [0.717, 1.165) is 25.7 Å². The van der Waals surface area contributed by atoms with Gasteiger partial charge in [-0.1, -0.05) is 29.3 Å². The predicted molar refractivity (Wildman–Crippen MR) is 146 cm³/mol. The van der Waals surface area contributed by atoms with E-state index in [0.29, 0.717) is 64.7 Å². The van der Waals surface area contributed by atoms with E-state index in [2.05, 4.69) is 15.6 Å². The van der Waals surface area contributed by atoms with Crippen LogP contribution < -0.4 is 16.4 Å². The van der Waals surface area contributed by atoms with Crippen LogP contribution in [0.1, 0.15) is 44.6 Å². The van der Waals surface area contributed by atoms with Crippen molar-refractivity contribution in [1.82, 2.24) is 24.4 Å². The minimum absolute atomic E-state index is 0.0118. The largest absolute Gasteiger partial charge is 0.453 e. The van der Waals surface area contributed by atoms with Crippen LogP contribution in [-0.4, -0.2) is 62.7 Å². The average molecular weight is 561 g/mol. The van der Waals surface area contributed by atoms with Crippen LogP contribution in [0.5, 0.6) is 0 Å². The molecule has 1 atom stereocenters. The number of halogens is 2. The Kier molecular flexibility index (Phi) is 7.75. The first-order valence-electron chi connectivity index (χ1n) is 12.7. The number of hydrogen-bond acceptors (Lipinski definition) is 8. The predicted octanol–water partition coefficient (Wildman–Crippen LogP) is 4.74. The lowest BCUT2D eigenvalue weighted by Crippen LogP contribution is -2.45. The highest BCUT2D eigenvalue weighted by Crippen LogP contribution is 2.39. The number of ether oxygens (including phenoxy) is 1. The molecule has 2 aromatic heterocycles. The third-order valence-electron chi connectivity index (χ3n) is 7.28. The first-order chi connectivity index (χ1) is 18.3. The molecule has 5 rings (SSSR count). The van der Waals surface area contributed by atoms with E-state index in [1.165, 1.54) is 7.11 Å². The number of carbonyl (C=O) groups excluding carboxylic acids is 2. The fraction of sp³-hybridized carbons (Fsp3) is 0.480. The Morgan fingerprint density at radius 1 is 1.11 bits per heavy atom. The van der Waals surface area contributed by atoms with Gasteiger partial charge in [-0.15, -0.1) is 0 Å². The summed E-state index contributed by atoms with van der Waals surface area (Å²) in [6.45, 7) is 1.16. The molecule has 3 heterocycles. The number of amides is 2. The standard InChI is InChI=1S/C25H30Cl2N8O3/c1-38-25(37)34-11-3-4-15(13-34)30-23-29-12-19-22(33-23)35(16-9-7-14(8-10-16)21(28)36)24(31-19)32-20-17(26)5-2-6-18(20)27/h2,5-6,12,14-16H,3-4,7-11,13H2,1H3,(H2,28,36)(H,31,32)(H,29,30,33)/t14?,15-,16?/m1/s1. The maximum Gasteiger partial charge on any atom is 0.409 e. The van der Waals surface area contributed by atoms with Crippen molar-refractivity contribution in [3.63, 3.8) is 0 Å². The molecule has 1 aliphatic carbocycles.